The van der Waals surface area contributed by atoms with Crippen molar-refractivity contribution in [2.75, 3.05) is 19.6 Å². The Hall–Kier alpha value is -0.170. The van der Waals surface area contributed by atoms with Crippen LogP contribution in [0.15, 0.2) is 0 Å². The van der Waals surface area contributed by atoms with E-state index in [2.05, 4.69) is 0 Å². The largest absolute Gasteiger partial charge is 0.326 e. The summed E-state index contributed by atoms with van der Waals surface area (Å²) < 4.78 is 29.0. The van der Waals surface area contributed by atoms with Gasteiger partial charge in [-0.1, -0.05) is 19.3 Å². The second-order valence-corrected chi connectivity index (χ2v) is 7.74. The van der Waals surface area contributed by atoms with Gasteiger partial charge in [0.1, 0.15) is 0 Å². The lowest BCUT2D eigenvalue weighted by Crippen LogP contribution is -2.55. The minimum atomic E-state index is -3.32. The lowest BCUT2D eigenvalue weighted by molar-refractivity contribution is 0.210. The highest BCUT2D eigenvalue weighted by Gasteiger charge is 2.37. The van der Waals surface area contributed by atoms with Crippen molar-refractivity contribution >= 4 is 10.2 Å². The fraction of sp³-hybridized carbons (Fsp3) is 1.00. The van der Waals surface area contributed by atoms with Gasteiger partial charge < -0.3 is 5.73 Å². The molecule has 0 amide bonds. The first-order chi connectivity index (χ1) is 9.03. The van der Waals surface area contributed by atoms with E-state index in [0.29, 0.717) is 19.6 Å². The van der Waals surface area contributed by atoms with Crippen LogP contribution in [-0.4, -0.2) is 48.7 Å². The van der Waals surface area contributed by atoms with E-state index in [4.69, 9.17) is 5.73 Å². The first kappa shape index (κ1) is 15.2. The van der Waals surface area contributed by atoms with Gasteiger partial charge >= 0.3 is 0 Å². The van der Waals surface area contributed by atoms with Crippen molar-refractivity contribution in [3.05, 3.63) is 0 Å². The van der Waals surface area contributed by atoms with Crippen molar-refractivity contribution in [1.82, 2.24) is 8.61 Å². The molecule has 2 saturated heterocycles. The molecule has 0 radical (unpaired) electrons. The van der Waals surface area contributed by atoms with Gasteiger partial charge in [-0.05, 0) is 32.6 Å². The summed E-state index contributed by atoms with van der Waals surface area (Å²) >= 11 is 0. The highest BCUT2D eigenvalue weighted by atomic mass is 32.2. The Morgan fingerprint density at radius 3 is 2.16 bits per heavy atom. The van der Waals surface area contributed by atoms with Crippen LogP contribution in [0.1, 0.15) is 51.9 Å². The van der Waals surface area contributed by atoms with E-state index in [9.17, 15) is 8.42 Å². The van der Waals surface area contributed by atoms with Gasteiger partial charge in [0.2, 0.25) is 0 Å². The molecule has 2 aliphatic rings. The van der Waals surface area contributed by atoms with Crippen LogP contribution < -0.4 is 5.73 Å². The molecule has 5 nitrogen and oxygen atoms in total. The van der Waals surface area contributed by atoms with Gasteiger partial charge in [-0.3, -0.25) is 0 Å². The van der Waals surface area contributed by atoms with Crippen LogP contribution in [-0.2, 0) is 10.2 Å². The third-order valence-electron chi connectivity index (χ3n) is 4.29. The molecule has 0 aliphatic carbocycles. The molecule has 2 N–H and O–H groups in total. The third-order valence-corrected chi connectivity index (χ3v) is 6.36. The Bertz CT molecular complexity index is 375. The maximum atomic E-state index is 12.8. The lowest BCUT2D eigenvalue weighted by Gasteiger charge is -2.39. The van der Waals surface area contributed by atoms with E-state index in [0.717, 1.165) is 44.9 Å². The summed E-state index contributed by atoms with van der Waals surface area (Å²) in [4.78, 5) is 0. The van der Waals surface area contributed by atoms with Gasteiger partial charge in [0.15, 0.2) is 0 Å². The summed E-state index contributed by atoms with van der Waals surface area (Å²) in [5.41, 5.74) is 5.99. The van der Waals surface area contributed by atoms with Gasteiger partial charge in [0, 0.05) is 31.7 Å². The van der Waals surface area contributed by atoms with Gasteiger partial charge in [-0.2, -0.15) is 17.0 Å². The van der Waals surface area contributed by atoms with E-state index in [-0.39, 0.29) is 12.1 Å². The average Bonchev–Trinajstić information content (AvgIpc) is 2.68. The predicted octanol–water partition coefficient (Wildman–Crippen LogP) is 1.31. The summed E-state index contributed by atoms with van der Waals surface area (Å²) in [6.07, 6.45) is 7.18. The third kappa shape index (κ3) is 3.48. The first-order valence-electron chi connectivity index (χ1n) is 7.56. The summed E-state index contributed by atoms with van der Waals surface area (Å²) in [5.74, 6) is 0. The molecule has 2 rings (SSSR count). The first-order valence-corrected chi connectivity index (χ1v) is 8.95. The van der Waals surface area contributed by atoms with Crippen LogP contribution >= 0.6 is 0 Å². The molecule has 0 aromatic carbocycles. The molecule has 2 aliphatic heterocycles. The maximum Gasteiger partial charge on any atom is 0.282 e. The molecule has 2 fully saturated rings. The minimum absolute atomic E-state index is 0.0259. The van der Waals surface area contributed by atoms with E-state index in [1.807, 2.05) is 6.92 Å². The maximum absolute atomic E-state index is 12.8. The topological polar surface area (TPSA) is 66.6 Å². The molecule has 0 saturated carbocycles. The molecule has 2 unspecified atom stereocenters. The quantitative estimate of drug-likeness (QED) is 0.852. The van der Waals surface area contributed by atoms with Crippen LogP contribution in [0.5, 0.6) is 0 Å². The van der Waals surface area contributed by atoms with Gasteiger partial charge in [-0.25, -0.2) is 0 Å². The zero-order valence-corrected chi connectivity index (χ0v) is 12.7. The van der Waals surface area contributed by atoms with Crippen molar-refractivity contribution in [2.24, 2.45) is 5.73 Å². The number of rotatable bonds is 3. The standard InChI is InChI=1S/C13H27N3O2S/c1-12(14)13-8-4-7-11-16(13)19(17,18)15-9-5-2-3-6-10-15/h12-13H,2-11,14H2,1H3. The summed E-state index contributed by atoms with van der Waals surface area (Å²) in [5, 5.41) is 0. The van der Waals surface area contributed by atoms with Crippen LogP contribution in [0.3, 0.4) is 0 Å². The van der Waals surface area contributed by atoms with Crippen molar-refractivity contribution in [3.8, 4) is 0 Å². The highest BCUT2D eigenvalue weighted by molar-refractivity contribution is 7.86. The summed E-state index contributed by atoms with van der Waals surface area (Å²) in [6, 6.07) is -0.121. The van der Waals surface area contributed by atoms with Crippen molar-refractivity contribution in [2.45, 2.75) is 64.0 Å². The molecule has 0 bridgehead atoms. The zero-order chi connectivity index (χ0) is 13.9. The molecule has 2 atom stereocenters. The Kier molecular flexibility index (Phi) is 5.22. The average molecular weight is 289 g/mol. The Labute approximate surface area is 117 Å². The number of hydrogen-bond acceptors (Lipinski definition) is 3. The number of hydrogen-bond donors (Lipinski definition) is 1. The zero-order valence-electron chi connectivity index (χ0n) is 11.9. The Morgan fingerprint density at radius 1 is 1.00 bits per heavy atom. The molecule has 2 heterocycles. The highest BCUT2D eigenvalue weighted by Crippen LogP contribution is 2.25. The lowest BCUT2D eigenvalue weighted by atomic mass is 10.00. The van der Waals surface area contributed by atoms with E-state index < -0.39 is 10.2 Å². The van der Waals surface area contributed by atoms with E-state index in [1.165, 1.54) is 0 Å². The van der Waals surface area contributed by atoms with E-state index >= 15 is 0 Å². The number of piperidine rings is 1. The van der Waals surface area contributed by atoms with Gasteiger partial charge in [0.25, 0.3) is 10.2 Å². The summed E-state index contributed by atoms with van der Waals surface area (Å²) in [7, 11) is -3.32. The molecule has 6 heteroatoms. The fourth-order valence-corrected chi connectivity index (χ4v) is 5.18. The summed E-state index contributed by atoms with van der Waals surface area (Å²) in [6.45, 7) is 3.89. The smallest absolute Gasteiger partial charge is 0.282 e. The fourth-order valence-electron chi connectivity index (χ4n) is 3.16. The van der Waals surface area contributed by atoms with Crippen LogP contribution in [0.4, 0.5) is 0 Å². The predicted molar refractivity (Wildman–Crippen MR) is 77.0 cm³/mol. The van der Waals surface area contributed by atoms with Crippen LogP contribution in [0, 0.1) is 0 Å². The SMILES string of the molecule is CC(N)C1CCCCN1S(=O)(=O)N1CCCCCC1. The second-order valence-electron chi connectivity index (χ2n) is 5.85. The normalized spacial score (nSPS) is 29.9. The monoisotopic (exact) mass is 289 g/mol. The molecule has 0 aromatic heterocycles. The second kappa shape index (κ2) is 6.52. The van der Waals surface area contributed by atoms with Crippen molar-refractivity contribution < 1.29 is 8.42 Å². The molecule has 0 aromatic rings. The Balaban J connectivity index is 2.15. The molecule has 112 valence electrons. The molecule has 19 heavy (non-hydrogen) atoms. The van der Waals surface area contributed by atoms with Crippen LogP contribution in [0.25, 0.3) is 0 Å². The van der Waals surface area contributed by atoms with E-state index in [1.54, 1.807) is 8.61 Å². The van der Waals surface area contributed by atoms with Gasteiger partial charge in [0.05, 0.1) is 0 Å². The van der Waals surface area contributed by atoms with Crippen molar-refractivity contribution in [1.29, 1.82) is 0 Å². The van der Waals surface area contributed by atoms with Gasteiger partial charge in [-0.15, -0.1) is 0 Å². The van der Waals surface area contributed by atoms with Crippen molar-refractivity contribution in [3.63, 3.8) is 0 Å². The molecular weight excluding hydrogens is 262 g/mol. The minimum Gasteiger partial charge on any atom is -0.326 e. The number of nitrogens with two attached hydrogens (primary N) is 1. The Morgan fingerprint density at radius 2 is 1.58 bits per heavy atom. The number of nitrogens with zero attached hydrogens (tertiary/aromatic N) is 2. The molecular formula is C13H27N3O2S. The van der Waals surface area contributed by atoms with Crippen LogP contribution in [0.2, 0.25) is 0 Å². The molecule has 0 spiro atoms.